The molecule has 1 heterocycles. The van der Waals surface area contributed by atoms with Crippen LogP contribution < -0.4 is 9.46 Å². The zero-order valence-corrected chi connectivity index (χ0v) is 24.7. The van der Waals surface area contributed by atoms with Crippen LogP contribution in [0.25, 0.3) is 11.1 Å². The number of halogens is 2. The predicted molar refractivity (Wildman–Crippen MR) is 154 cm³/mol. The molecule has 208 valence electrons. The minimum Gasteiger partial charge on any atom is -0.493 e. The molecule has 3 aromatic rings. The maximum Gasteiger partial charge on any atom is 0.337 e. The van der Waals surface area contributed by atoms with E-state index in [1.54, 1.807) is 33.8 Å². The summed E-state index contributed by atoms with van der Waals surface area (Å²) < 4.78 is 41.2. The third-order valence-corrected chi connectivity index (χ3v) is 8.78. The van der Waals surface area contributed by atoms with Crippen LogP contribution >= 0.6 is 23.2 Å². The molecule has 0 bridgehead atoms. The lowest BCUT2D eigenvalue weighted by Crippen LogP contribution is -2.28. The Bertz CT molecular complexity index is 1550. The van der Waals surface area contributed by atoms with Gasteiger partial charge in [-0.2, -0.15) is 0 Å². The summed E-state index contributed by atoms with van der Waals surface area (Å²) in [5.41, 5.74) is 3.37. The van der Waals surface area contributed by atoms with Gasteiger partial charge in [-0.1, -0.05) is 35.3 Å². The number of aliphatic carboxylic acids is 1. The number of benzene rings is 3. The van der Waals surface area contributed by atoms with Gasteiger partial charge in [0.25, 0.3) is 10.0 Å². The Labute approximate surface area is 239 Å². The molecule has 2 N–H and O–H groups in total. The summed E-state index contributed by atoms with van der Waals surface area (Å²) in [6, 6.07) is 11.8. The van der Waals surface area contributed by atoms with Gasteiger partial charge >= 0.3 is 5.97 Å². The quantitative estimate of drug-likeness (QED) is 0.298. The van der Waals surface area contributed by atoms with Crippen molar-refractivity contribution in [2.45, 2.75) is 64.1 Å². The Morgan fingerprint density at radius 1 is 1.13 bits per heavy atom. The largest absolute Gasteiger partial charge is 0.493 e. The van der Waals surface area contributed by atoms with E-state index in [2.05, 4.69) is 4.72 Å². The first-order chi connectivity index (χ1) is 18.2. The molecule has 1 aliphatic rings. The van der Waals surface area contributed by atoms with E-state index in [-0.39, 0.29) is 20.6 Å². The smallest absolute Gasteiger partial charge is 0.337 e. The summed E-state index contributed by atoms with van der Waals surface area (Å²) in [5, 5.41) is 10.3. The van der Waals surface area contributed by atoms with E-state index in [0.29, 0.717) is 28.9 Å². The maximum absolute atomic E-state index is 13.4. The SMILES string of the molecule is Cc1cc(NS(=O)(=O)c2cccc(Cl)c2Cl)c(C)c(C(OC(C)(C)C)C(=O)O)c1-c1ccc2c(c1)CCCO2. The van der Waals surface area contributed by atoms with Gasteiger partial charge in [-0.15, -0.1) is 0 Å². The molecule has 0 radical (unpaired) electrons. The molecule has 39 heavy (non-hydrogen) atoms. The minimum atomic E-state index is -4.16. The van der Waals surface area contributed by atoms with Crippen LogP contribution in [0, 0.1) is 13.8 Å². The Balaban J connectivity index is 1.94. The number of anilines is 1. The second kappa shape index (κ2) is 11.0. The number of sulfonamides is 1. The predicted octanol–water partition coefficient (Wildman–Crippen LogP) is 7.34. The highest BCUT2D eigenvalue weighted by Crippen LogP contribution is 2.43. The van der Waals surface area contributed by atoms with Crippen molar-refractivity contribution in [3.8, 4) is 16.9 Å². The van der Waals surface area contributed by atoms with Crippen LogP contribution in [-0.2, 0) is 26.0 Å². The van der Waals surface area contributed by atoms with Gasteiger partial charge in [0.05, 0.1) is 27.9 Å². The molecule has 0 aromatic heterocycles. The molecule has 1 atom stereocenters. The van der Waals surface area contributed by atoms with Crippen molar-refractivity contribution in [2.24, 2.45) is 0 Å². The summed E-state index contributed by atoms with van der Waals surface area (Å²) in [7, 11) is -4.16. The number of carbonyl (C=O) groups is 1. The molecule has 7 nitrogen and oxygen atoms in total. The summed E-state index contributed by atoms with van der Waals surface area (Å²) in [5.74, 6) is -0.378. The number of ether oxygens (including phenoxy) is 2. The third-order valence-electron chi connectivity index (χ3n) is 6.44. The van der Waals surface area contributed by atoms with Crippen LogP contribution in [-0.4, -0.2) is 31.7 Å². The average molecular weight is 593 g/mol. The fourth-order valence-corrected chi connectivity index (χ4v) is 6.63. The van der Waals surface area contributed by atoms with Crippen molar-refractivity contribution in [3.05, 3.63) is 74.8 Å². The fourth-order valence-electron chi connectivity index (χ4n) is 4.75. The lowest BCUT2D eigenvalue weighted by atomic mass is 9.86. The molecule has 4 rings (SSSR count). The lowest BCUT2D eigenvalue weighted by Gasteiger charge is -2.30. The zero-order chi connectivity index (χ0) is 28.7. The molecule has 0 fully saturated rings. The molecular weight excluding hydrogens is 561 g/mol. The number of hydrogen-bond donors (Lipinski definition) is 2. The van der Waals surface area contributed by atoms with Crippen molar-refractivity contribution < 1.29 is 27.8 Å². The molecule has 0 saturated heterocycles. The van der Waals surface area contributed by atoms with Gasteiger partial charge in [-0.3, -0.25) is 4.72 Å². The summed E-state index contributed by atoms with van der Waals surface area (Å²) in [4.78, 5) is 12.5. The van der Waals surface area contributed by atoms with Crippen LogP contribution in [0.5, 0.6) is 5.75 Å². The molecule has 0 spiro atoms. The van der Waals surface area contributed by atoms with E-state index in [9.17, 15) is 18.3 Å². The first kappa shape index (κ1) is 29.2. The van der Waals surface area contributed by atoms with E-state index in [1.165, 1.54) is 18.2 Å². The minimum absolute atomic E-state index is 0.101. The highest BCUT2D eigenvalue weighted by Gasteiger charge is 2.33. The number of hydrogen-bond acceptors (Lipinski definition) is 5. The van der Waals surface area contributed by atoms with Gasteiger partial charge in [-0.05, 0) is 106 Å². The van der Waals surface area contributed by atoms with Crippen LogP contribution in [0.2, 0.25) is 10.0 Å². The first-order valence-corrected chi connectivity index (χ1v) is 14.7. The topological polar surface area (TPSA) is 102 Å². The number of carboxylic acids is 1. The Kier molecular flexibility index (Phi) is 8.24. The van der Waals surface area contributed by atoms with E-state index in [1.807, 2.05) is 25.1 Å². The molecule has 0 aliphatic carbocycles. The standard InChI is InChI=1S/C29H31Cl2NO6S/c1-16-14-21(32-39(35,36)23-10-6-9-20(30)26(23)31)17(2)25(27(28(33)34)38-29(3,4)5)24(16)19-11-12-22-18(15-19)8-7-13-37-22/h6,9-12,14-15,27,32H,7-8,13H2,1-5H3,(H,33,34). The number of aryl methyl sites for hydroxylation is 2. The number of fused-ring (bicyclic) bond motifs is 1. The second-order valence-electron chi connectivity index (χ2n) is 10.5. The van der Waals surface area contributed by atoms with Crippen LogP contribution in [0.1, 0.15) is 55.5 Å². The summed E-state index contributed by atoms with van der Waals surface area (Å²) in [6.45, 7) is 9.47. The van der Waals surface area contributed by atoms with Crippen LogP contribution in [0.3, 0.4) is 0 Å². The molecule has 1 unspecified atom stereocenters. The van der Waals surface area contributed by atoms with E-state index < -0.39 is 27.7 Å². The van der Waals surface area contributed by atoms with Gasteiger partial charge in [0.15, 0.2) is 6.10 Å². The van der Waals surface area contributed by atoms with Gasteiger partial charge < -0.3 is 14.6 Å². The maximum atomic E-state index is 13.4. The Hall–Kier alpha value is -2.78. The molecule has 3 aromatic carbocycles. The Morgan fingerprint density at radius 3 is 2.51 bits per heavy atom. The fraction of sp³-hybridized carbons (Fsp3) is 0.345. The number of rotatable bonds is 7. The van der Waals surface area contributed by atoms with E-state index >= 15 is 0 Å². The molecule has 10 heteroatoms. The molecular formula is C29H31Cl2NO6S. The number of nitrogens with one attached hydrogen (secondary N) is 1. The van der Waals surface area contributed by atoms with Crippen molar-refractivity contribution in [2.75, 3.05) is 11.3 Å². The molecule has 0 saturated carbocycles. The first-order valence-electron chi connectivity index (χ1n) is 12.5. The van der Waals surface area contributed by atoms with Gasteiger partial charge in [0, 0.05) is 5.56 Å². The van der Waals surface area contributed by atoms with Gasteiger partial charge in [0.2, 0.25) is 0 Å². The van der Waals surface area contributed by atoms with E-state index in [4.69, 9.17) is 32.7 Å². The van der Waals surface area contributed by atoms with Crippen molar-refractivity contribution in [1.29, 1.82) is 0 Å². The average Bonchev–Trinajstić information content (AvgIpc) is 2.85. The van der Waals surface area contributed by atoms with Crippen molar-refractivity contribution in [3.63, 3.8) is 0 Å². The summed E-state index contributed by atoms with van der Waals surface area (Å²) >= 11 is 12.3. The highest BCUT2D eigenvalue weighted by atomic mass is 35.5. The van der Waals surface area contributed by atoms with Crippen molar-refractivity contribution in [1.82, 2.24) is 0 Å². The monoisotopic (exact) mass is 591 g/mol. The van der Waals surface area contributed by atoms with Gasteiger partial charge in [0.1, 0.15) is 10.6 Å². The zero-order valence-electron chi connectivity index (χ0n) is 22.4. The normalized spacial score (nSPS) is 14.3. The lowest BCUT2D eigenvalue weighted by molar-refractivity contribution is -0.160. The van der Waals surface area contributed by atoms with Crippen LogP contribution in [0.15, 0.2) is 47.4 Å². The second-order valence-corrected chi connectivity index (χ2v) is 13.0. The summed E-state index contributed by atoms with van der Waals surface area (Å²) in [6.07, 6.45) is 0.361. The molecule has 0 amide bonds. The highest BCUT2D eigenvalue weighted by molar-refractivity contribution is 7.92. The Morgan fingerprint density at radius 2 is 1.85 bits per heavy atom. The third kappa shape index (κ3) is 6.19. The number of carboxylic acid groups (broad SMARTS) is 1. The van der Waals surface area contributed by atoms with E-state index in [0.717, 1.165) is 29.7 Å². The van der Waals surface area contributed by atoms with Crippen LogP contribution in [0.4, 0.5) is 5.69 Å². The van der Waals surface area contributed by atoms with Crippen molar-refractivity contribution >= 4 is 44.9 Å². The molecule has 1 aliphatic heterocycles. The van der Waals surface area contributed by atoms with Gasteiger partial charge in [-0.25, -0.2) is 13.2 Å².